The van der Waals surface area contributed by atoms with Gasteiger partial charge in [-0.15, -0.1) is 0 Å². The van der Waals surface area contributed by atoms with Crippen molar-refractivity contribution >= 4 is 17.6 Å². The van der Waals surface area contributed by atoms with Crippen LogP contribution in [0.1, 0.15) is 17.2 Å². The molecule has 0 amide bonds. The first-order chi connectivity index (χ1) is 11.8. The summed E-state index contributed by atoms with van der Waals surface area (Å²) >= 11 is 5.79. The molecule has 0 spiro atoms. The van der Waals surface area contributed by atoms with Crippen molar-refractivity contribution in [2.24, 2.45) is 0 Å². The van der Waals surface area contributed by atoms with Crippen LogP contribution in [0.3, 0.4) is 0 Å². The van der Waals surface area contributed by atoms with E-state index >= 15 is 0 Å². The largest absolute Gasteiger partial charge is 0.474 e. The molecule has 0 saturated carbocycles. The third-order valence-corrected chi connectivity index (χ3v) is 3.33. The SMILES string of the molecule is N#CCOC(=O)C(Oc1cccc(C(F)(F)F)c1)c1ccc(Cl)cc1. The van der Waals surface area contributed by atoms with Crippen molar-refractivity contribution in [1.82, 2.24) is 0 Å². The van der Waals surface area contributed by atoms with Crippen molar-refractivity contribution in [3.63, 3.8) is 0 Å². The molecule has 25 heavy (non-hydrogen) atoms. The standard InChI is InChI=1S/C17H11ClF3NO3/c18-13-6-4-11(5-7-13)15(16(23)24-9-8-22)25-14-3-1-2-12(10-14)17(19,20)21/h1-7,10,15H,9H2. The van der Waals surface area contributed by atoms with Crippen LogP contribution >= 0.6 is 11.6 Å². The molecule has 0 aliphatic rings. The zero-order valence-electron chi connectivity index (χ0n) is 12.6. The van der Waals surface area contributed by atoms with Crippen LogP contribution in [0, 0.1) is 11.3 Å². The van der Waals surface area contributed by atoms with E-state index in [0.29, 0.717) is 10.6 Å². The van der Waals surface area contributed by atoms with Crippen LogP contribution in [0.25, 0.3) is 0 Å². The molecule has 0 fully saturated rings. The minimum absolute atomic E-state index is 0.163. The lowest BCUT2D eigenvalue weighted by molar-refractivity contribution is -0.150. The zero-order valence-corrected chi connectivity index (χ0v) is 13.3. The predicted molar refractivity (Wildman–Crippen MR) is 82.8 cm³/mol. The normalized spacial score (nSPS) is 12.1. The first-order valence-corrected chi connectivity index (χ1v) is 7.32. The summed E-state index contributed by atoms with van der Waals surface area (Å²) in [6.07, 6.45) is -5.88. The topological polar surface area (TPSA) is 59.3 Å². The maximum absolute atomic E-state index is 12.8. The Morgan fingerprint density at radius 2 is 1.88 bits per heavy atom. The highest BCUT2D eigenvalue weighted by Crippen LogP contribution is 2.33. The molecule has 0 radical (unpaired) electrons. The predicted octanol–water partition coefficient (Wildman–Crippen LogP) is 4.55. The number of nitrogens with zero attached hydrogens (tertiary/aromatic N) is 1. The number of hydrogen-bond donors (Lipinski definition) is 0. The van der Waals surface area contributed by atoms with Crippen molar-refractivity contribution in [2.75, 3.05) is 6.61 Å². The molecule has 0 aliphatic heterocycles. The average Bonchev–Trinajstić information content (AvgIpc) is 2.58. The van der Waals surface area contributed by atoms with Gasteiger partial charge >= 0.3 is 12.1 Å². The van der Waals surface area contributed by atoms with E-state index in [4.69, 9.17) is 26.3 Å². The van der Waals surface area contributed by atoms with E-state index in [1.165, 1.54) is 30.3 Å². The fourth-order valence-electron chi connectivity index (χ4n) is 1.95. The summed E-state index contributed by atoms with van der Waals surface area (Å²) in [6, 6.07) is 11.7. The molecule has 0 bridgehead atoms. The molecule has 2 rings (SSSR count). The average molecular weight is 370 g/mol. The van der Waals surface area contributed by atoms with E-state index in [0.717, 1.165) is 18.2 Å². The van der Waals surface area contributed by atoms with Gasteiger partial charge in [0.25, 0.3) is 0 Å². The molecule has 4 nitrogen and oxygen atoms in total. The fourth-order valence-corrected chi connectivity index (χ4v) is 2.08. The number of rotatable bonds is 5. The Morgan fingerprint density at radius 1 is 1.20 bits per heavy atom. The molecule has 0 saturated heterocycles. The summed E-state index contributed by atoms with van der Waals surface area (Å²) in [5.74, 6) is -1.06. The Balaban J connectivity index is 2.31. The number of hydrogen-bond acceptors (Lipinski definition) is 4. The van der Waals surface area contributed by atoms with E-state index in [-0.39, 0.29) is 5.75 Å². The second kappa shape index (κ2) is 7.90. The van der Waals surface area contributed by atoms with E-state index in [9.17, 15) is 18.0 Å². The molecule has 1 unspecified atom stereocenters. The van der Waals surface area contributed by atoms with E-state index in [2.05, 4.69) is 0 Å². The molecular formula is C17H11ClF3NO3. The quantitative estimate of drug-likeness (QED) is 0.726. The summed E-state index contributed by atoms with van der Waals surface area (Å²) in [5, 5.41) is 8.92. The lowest BCUT2D eigenvalue weighted by atomic mass is 10.1. The molecule has 2 aromatic rings. The Morgan fingerprint density at radius 3 is 2.48 bits per heavy atom. The molecule has 2 aromatic carbocycles. The van der Waals surface area contributed by atoms with Crippen LogP contribution in [0.5, 0.6) is 5.75 Å². The number of carbonyl (C=O) groups excluding carboxylic acids is 1. The molecule has 0 aliphatic carbocycles. The Bertz CT molecular complexity index is 785. The van der Waals surface area contributed by atoms with Crippen molar-refractivity contribution in [3.05, 3.63) is 64.7 Å². The van der Waals surface area contributed by atoms with Crippen molar-refractivity contribution in [1.29, 1.82) is 5.26 Å². The summed E-state index contributed by atoms with van der Waals surface area (Å²) in [6.45, 7) is -0.505. The van der Waals surface area contributed by atoms with Gasteiger partial charge in [-0.05, 0) is 30.3 Å². The van der Waals surface area contributed by atoms with Gasteiger partial charge in [0, 0.05) is 10.6 Å². The maximum atomic E-state index is 12.8. The second-order valence-corrected chi connectivity index (χ2v) is 5.28. The summed E-state index contributed by atoms with van der Waals surface area (Å²) < 4.78 is 48.5. The van der Waals surface area contributed by atoms with Gasteiger partial charge in [-0.2, -0.15) is 18.4 Å². The van der Waals surface area contributed by atoms with E-state index in [1.807, 2.05) is 0 Å². The van der Waals surface area contributed by atoms with Gasteiger partial charge in [-0.3, -0.25) is 0 Å². The van der Waals surface area contributed by atoms with Crippen LogP contribution in [-0.4, -0.2) is 12.6 Å². The Labute approximate surface area is 146 Å². The van der Waals surface area contributed by atoms with Crippen LogP contribution in [0.2, 0.25) is 5.02 Å². The van der Waals surface area contributed by atoms with E-state index in [1.54, 1.807) is 6.07 Å². The summed E-state index contributed by atoms with van der Waals surface area (Å²) in [5.41, 5.74) is -0.588. The van der Waals surface area contributed by atoms with Crippen LogP contribution < -0.4 is 4.74 Å². The molecular weight excluding hydrogens is 359 g/mol. The lowest BCUT2D eigenvalue weighted by Gasteiger charge is -2.18. The fraction of sp³-hybridized carbons (Fsp3) is 0.176. The van der Waals surface area contributed by atoms with Gasteiger partial charge in [-0.25, -0.2) is 4.79 Å². The monoisotopic (exact) mass is 369 g/mol. The lowest BCUT2D eigenvalue weighted by Crippen LogP contribution is -2.22. The maximum Gasteiger partial charge on any atom is 0.416 e. The smallest absolute Gasteiger partial charge is 0.416 e. The Hall–Kier alpha value is -2.72. The summed E-state index contributed by atoms with van der Waals surface area (Å²) in [7, 11) is 0. The molecule has 1 atom stereocenters. The van der Waals surface area contributed by atoms with Gasteiger partial charge in [-0.1, -0.05) is 29.8 Å². The third kappa shape index (κ3) is 5.13. The zero-order chi connectivity index (χ0) is 18.4. The second-order valence-electron chi connectivity index (χ2n) is 4.84. The minimum Gasteiger partial charge on any atom is -0.474 e. The number of ether oxygens (including phenoxy) is 2. The number of alkyl halides is 3. The highest BCUT2D eigenvalue weighted by Gasteiger charge is 2.31. The minimum atomic E-state index is -4.55. The first-order valence-electron chi connectivity index (χ1n) is 6.94. The van der Waals surface area contributed by atoms with Gasteiger partial charge in [0.15, 0.2) is 6.61 Å². The Kier molecular flexibility index (Phi) is 5.88. The third-order valence-electron chi connectivity index (χ3n) is 3.08. The van der Waals surface area contributed by atoms with Crippen molar-refractivity contribution in [2.45, 2.75) is 12.3 Å². The summed E-state index contributed by atoms with van der Waals surface area (Å²) in [4.78, 5) is 12.1. The molecule has 8 heteroatoms. The number of halogens is 4. The molecule has 0 aromatic heterocycles. The van der Waals surface area contributed by atoms with Crippen molar-refractivity contribution < 1.29 is 27.4 Å². The molecule has 0 N–H and O–H groups in total. The van der Waals surface area contributed by atoms with Gasteiger partial charge in [0.1, 0.15) is 11.8 Å². The van der Waals surface area contributed by atoms with Crippen LogP contribution in [0.4, 0.5) is 13.2 Å². The van der Waals surface area contributed by atoms with Crippen molar-refractivity contribution in [3.8, 4) is 11.8 Å². The molecule has 130 valence electrons. The first kappa shape index (κ1) is 18.6. The van der Waals surface area contributed by atoms with Gasteiger partial charge in [0.05, 0.1) is 5.56 Å². The molecule has 0 heterocycles. The highest BCUT2D eigenvalue weighted by atomic mass is 35.5. The number of benzene rings is 2. The van der Waals surface area contributed by atoms with Crippen LogP contribution in [0.15, 0.2) is 48.5 Å². The number of esters is 1. The van der Waals surface area contributed by atoms with E-state index < -0.39 is 30.4 Å². The van der Waals surface area contributed by atoms with Gasteiger partial charge < -0.3 is 9.47 Å². The number of carbonyl (C=O) groups is 1. The number of nitriles is 1. The van der Waals surface area contributed by atoms with Crippen LogP contribution in [-0.2, 0) is 15.7 Å². The van der Waals surface area contributed by atoms with Gasteiger partial charge in [0.2, 0.25) is 6.10 Å². The highest BCUT2D eigenvalue weighted by molar-refractivity contribution is 6.30.